The molecule has 0 amide bonds. The van der Waals surface area contributed by atoms with Gasteiger partial charge in [0.1, 0.15) is 0 Å². The summed E-state index contributed by atoms with van der Waals surface area (Å²) in [6.45, 7) is 2.52. The maximum Gasteiger partial charge on any atom is 0.283 e. The van der Waals surface area contributed by atoms with Crippen molar-refractivity contribution in [3.8, 4) is 0 Å². The van der Waals surface area contributed by atoms with Gasteiger partial charge in [0.2, 0.25) is 0 Å². The molecule has 0 atom stereocenters. The van der Waals surface area contributed by atoms with Crippen LogP contribution >= 0.6 is 11.8 Å². The summed E-state index contributed by atoms with van der Waals surface area (Å²) in [5.41, 5.74) is -0.113. The minimum atomic E-state index is -0.541. The number of rotatable bonds is 4. The third kappa shape index (κ3) is 3.32. The van der Waals surface area contributed by atoms with E-state index in [9.17, 15) is 20.0 Å². The third-order valence-corrected chi connectivity index (χ3v) is 3.26. The number of allylic oxidation sites excluding steroid dienone is 2. The summed E-state index contributed by atoms with van der Waals surface area (Å²) in [4.78, 5) is 21.7. The summed E-state index contributed by atoms with van der Waals surface area (Å²) in [6, 6.07) is 5.99. The summed E-state index contributed by atoms with van der Waals surface area (Å²) < 4.78 is 0. The van der Waals surface area contributed by atoms with E-state index in [4.69, 9.17) is 0 Å². The van der Waals surface area contributed by atoms with Gasteiger partial charge in [0.25, 0.3) is 5.69 Å². The van der Waals surface area contributed by atoms with E-state index in [2.05, 4.69) is 0 Å². The number of nitro groups is 1. The predicted octanol–water partition coefficient (Wildman–Crippen LogP) is 1.87. The Labute approximate surface area is 102 Å². The number of nitro benzene ring substituents is 1. The second-order valence-electron chi connectivity index (χ2n) is 3.27. The van der Waals surface area contributed by atoms with Crippen LogP contribution in [0.1, 0.15) is 13.8 Å². The molecule has 90 valence electrons. The highest BCUT2D eigenvalue weighted by Crippen LogP contribution is 2.34. The van der Waals surface area contributed by atoms with E-state index in [0.717, 1.165) is 11.8 Å². The molecule has 0 fully saturated rings. The van der Waals surface area contributed by atoms with Gasteiger partial charge < -0.3 is 5.11 Å². The number of hydrogen-bond donors (Lipinski definition) is 0. The molecule has 1 aromatic rings. The molecule has 0 saturated heterocycles. The van der Waals surface area contributed by atoms with Crippen molar-refractivity contribution in [1.82, 2.24) is 0 Å². The molecular formula is C11H10NO4S-. The zero-order valence-corrected chi connectivity index (χ0v) is 10.1. The molecule has 0 aliphatic rings. The molecule has 5 nitrogen and oxygen atoms in total. The normalized spacial score (nSPS) is 11.9. The Morgan fingerprint density at radius 2 is 1.88 bits per heavy atom. The second-order valence-corrected chi connectivity index (χ2v) is 4.32. The van der Waals surface area contributed by atoms with Gasteiger partial charge in [-0.05, 0) is 13.0 Å². The first-order valence-electron chi connectivity index (χ1n) is 4.73. The first-order chi connectivity index (χ1) is 7.93. The first kappa shape index (κ1) is 13.2. The largest absolute Gasteiger partial charge is 0.875 e. The number of ketones is 1. The minimum absolute atomic E-state index is 0.000648. The molecule has 0 spiro atoms. The van der Waals surface area contributed by atoms with E-state index in [1.807, 2.05) is 0 Å². The SMILES string of the molecule is CC(=O)C(Sc1ccccc1[N+](=O)[O-])=C(C)[O-]. The Morgan fingerprint density at radius 1 is 1.29 bits per heavy atom. The van der Waals surface area contributed by atoms with Gasteiger partial charge in [-0.25, -0.2) is 0 Å². The Bertz CT molecular complexity index is 492. The van der Waals surface area contributed by atoms with Crippen molar-refractivity contribution in [2.45, 2.75) is 18.7 Å². The van der Waals surface area contributed by atoms with Gasteiger partial charge in [-0.3, -0.25) is 14.9 Å². The van der Waals surface area contributed by atoms with Gasteiger partial charge >= 0.3 is 0 Å². The molecule has 0 radical (unpaired) electrons. The van der Waals surface area contributed by atoms with Crippen LogP contribution in [-0.2, 0) is 4.79 Å². The Morgan fingerprint density at radius 3 is 2.35 bits per heavy atom. The quantitative estimate of drug-likeness (QED) is 0.268. The van der Waals surface area contributed by atoms with E-state index in [1.54, 1.807) is 6.07 Å². The van der Waals surface area contributed by atoms with E-state index in [1.165, 1.54) is 32.0 Å². The lowest BCUT2D eigenvalue weighted by atomic mass is 10.3. The van der Waals surface area contributed by atoms with Gasteiger partial charge in [0, 0.05) is 11.0 Å². The predicted molar refractivity (Wildman–Crippen MR) is 62.3 cm³/mol. The average molecular weight is 252 g/mol. The van der Waals surface area contributed by atoms with Crippen LogP contribution in [0.15, 0.2) is 39.8 Å². The molecule has 0 aliphatic carbocycles. The zero-order chi connectivity index (χ0) is 13.0. The summed E-state index contributed by atoms with van der Waals surface area (Å²) >= 11 is 0.836. The Kier molecular flexibility index (Phi) is 4.28. The maximum atomic E-state index is 11.2. The topological polar surface area (TPSA) is 83.3 Å². The van der Waals surface area contributed by atoms with Gasteiger partial charge in [0.15, 0.2) is 5.78 Å². The van der Waals surface area contributed by atoms with Crippen LogP contribution in [-0.4, -0.2) is 10.7 Å². The van der Waals surface area contributed by atoms with E-state index in [-0.39, 0.29) is 27.0 Å². The summed E-state index contributed by atoms with van der Waals surface area (Å²) in [5, 5.41) is 22.0. The molecule has 1 rings (SSSR count). The van der Waals surface area contributed by atoms with Crippen LogP contribution in [0.4, 0.5) is 5.69 Å². The fourth-order valence-corrected chi connectivity index (χ4v) is 2.10. The highest BCUT2D eigenvalue weighted by molar-refractivity contribution is 8.04. The number of nitrogens with zero attached hydrogens (tertiary/aromatic N) is 1. The van der Waals surface area contributed by atoms with Gasteiger partial charge in [-0.15, -0.1) is 5.76 Å². The molecule has 0 aromatic heterocycles. The second kappa shape index (κ2) is 5.49. The van der Waals surface area contributed by atoms with E-state index in [0.29, 0.717) is 0 Å². The van der Waals surface area contributed by atoms with Crippen LogP contribution in [0.25, 0.3) is 0 Å². The van der Waals surface area contributed by atoms with Gasteiger partial charge in [-0.1, -0.05) is 30.8 Å². The number of carbonyl (C=O) groups is 1. The van der Waals surface area contributed by atoms with Crippen LogP contribution in [0.3, 0.4) is 0 Å². The van der Waals surface area contributed by atoms with Crippen molar-refractivity contribution in [2.24, 2.45) is 0 Å². The first-order valence-corrected chi connectivity index (χ1v) is 5.55. The number of para-hydroxylation sites is 1. The van der Waals surface area contributed by atoms with Crippen molar-refractivity contribution in [3.63, 3.8) is 0 Å². The molecule has 0 unspecified atom stereocenters. The Balaban J connectivity index is 3.15. The van der Waals surface area contributed by atoms with Crippen LogP contribution in [0, 0.1) is 10.1 Å². The summed E-state index contributed by atoms with van der Waals surface area (Å²) in [7, 11) is 0. The molecule has 6 heteroatoms. The summed E-state index contributed by atoms with van der Waals surface area (Å²) in [6.07, 6.45) is 0. The molecule has 0 bridgehead atoms. The lowest BCUT2D eigenvalue weighted by molar-refractivity contribution is -0.387. The minimum Gasteiger partial charge on any atom is -0.875 e. The number of carbonyl (C=O) groups excluding carboxylic acids is 1. The molecule has 17 heavy (non-hydrogen) atoms. The smallest absolute Gasteiger partial charge is 0.283 e. The van der Waals surface area contributed by atoms with Crippen LogP contribution < -0.4 is 5.11 Å². The van der Waals surface area contributed by atoms with Crippen molar-refractivity contribution in [2.75, 3.05) is 0 Å². The molecule has 0 heterocycles. The Hall–Kier alpha value is -1.82. The summed E-state index contributed by atoms with van der Waals surface area (Å²) in [5.74, 6) is -0.777. The molecular weight excluding hydrogens is 242 g/mol. The standard InChI is InChI=1S/C11H11NO4S/c1-7(13)11(8(2)14)17-10-6-4-3-5-9(10)12(15)16/h3-6,13H,1-2H3/p-1. The fourth-order valence-electron chi connectivity index (χ4n) is 1.20. The lowest BCUT2D eigenvalue weighted by Gasteiger charge is -2.12. The average Bonchev–Trinajstić information content (AvgIpc) is 2.25. The number of thioether (sulfide) groups is 1. The molecule has 0 saturated carbocycles. The van der Waals surface area contributed by atoms with Crippen LogP contribution in [0.2, 0.25) is 0 Å². The molecule has 0 aliphatic heterocycles. The fraction of sp³-hybridized carbons (Fsp3) is 0.182. The van der Waals surface area contributed by atoms with Crippen molar-refractivity contribution in [1.29, 1.82) is 0 Å². The third-order valence-electron chi connectivity index (χ3n) is 1.91. The molecule has 0 N–H and O–H groups in total. The lowest BCUT2D eigenvalue weighted by Crippen LogP contribution is -2.07. The maximum absolute atomic E-state index is 11.2. The van der Waals surface area contributed by atoms with Crippen LogP contribution in [0.5, 0.6) is 0 Å². The van der Waals surface area contributed by atoms with Gasteiger partial charge in [-0.2, -0.15) is 0 Å². The highest BCUT2D eigenvalue weighted by Gasteiger charge is 2.16. The molecule has 1 aromatic carbocycles. The van der Waals surface area contributed by atoms with E-state index >= 15 is 0 Å². The number of hydrogen-bond acceptors (Lipinski definition) is 5. The van der Waals surface area contributed by atoms with Gasteiger partial charge in [0.05, 0.1) is 9.82 Å². The van der Waals surface area contributed by atoms with Crippen molar-refractivity contribution >= 4 is 23.2 Å². The van der Waals surface area contributed by atoms with E-state index < -0.39 is 4.92 Å². The highest BCUT2D eigenvalue weighted by atomic mass is 32.2. The monoisotopic (exact) mass is 252 g/mol. The number of benzene rings is 1. The van der Waals surface area contributed by atoms with Crippen molar-refractivity contribution < 1.29 is 14.8 Å². The number of Topliss-reactive ketones (excluding diaryl/α,β-unsaturated/α-hetero) is 1. The van der Waals surface area contributed by atoms with Crippen molar-refractivity contribution in [3.05, 3.63) is 45.0 Å². The zero-order valence-electron chi connectivity index (χ0n) is 9.30.